The molecule has 1 heterocycles. The molecule has 0 saturated heterocycles. The van der Waals surface area contributed by atoms with Gasteiger partial charge in [0.2, 0.25) is 0 Å². The van der Waals surface area contributed by atoms with Gasteiger partial charge in [0.1, 0.15) is 5.82 Å². The van der Waals surface area contributed by atoms with E-state index in [1.807, 2.05) is 12.1 Å². The standard InChI is InChI=1S/C13H19ClN2O/c1-10-3-2-6-13(7-10,9-17)16-12-5-4-11(14)8-15-12/h4-5,8,10,17H,2-3,6-7,9H2,1H3,(H,15,16). The Balaban J connectivity index is 2.10. The van der Waals surface area contributed by atoms with Crippen molar-refractivity contribution in [2.75, 3.05) is 11.9 Å². The number of aliphatic hydroxyl groups excluding tert-OH is 1. The summed E-state index contributed by atoms with van der Waals surface area (Å²) in [5.74, 6) is 1.44. The molecule has 2 atom stereocenters. The first kappa shape index (κ1) is 12.7. The van der Waals surface area contributed by atoms with E-state index in [-0.39, 0.29) is 12.1 Å². The van der Waals surface area contributed by atoms with E-state index >= 15 is 0 Å². The number of aliphatic hydroxyl groups is 1. The van der Waals surface area contributed by atoms with Gasteiger partial charge < -0.3 is 10.4 Å². The second-order valence-electron chi connectivity index (χ2n) is 5.13. The lowest BCUT2D eigenvalue weighted by Crippen LogP contribution is -2.46. The summed E-state index contributed by atoms with van der Waals surface area (Å²) in [5.41, 5.74) is -0.210. The lowest BCUT2D eigenvalue weighted by Gasteiger charge is -2.39. The number of anilines is 1. The fourth-order valence-electron chi connectivity index (χ4n) is 2.68. The van der Waals surface area contributed by atoms with Crippen molar-refractivity contribution in [2.24, 2.45) is 5.92 Å². The molecule has 94 valence electrons. The Labute approximate surface area is 107 Å². The average molecular weight is 255 g/mol. The van der Waals surface area contributed by atoms with Crippen LogP contribution < -0.4 is 5.32 Å². The van der Waals surface area contributed by atoms with Gasteiger partial charge in [-0.25, -0.2) is 4.98 Å². The number of halogens is 1. The monoisotopic (exact) mass is 254 g/mol. The van der Waals surface area contributed by atoms with Crippen molar-refractivity contribution in [2.45, 2.75) is 38.1 Å². The van der Waals surface area contributed by atoms with Gasteiger partial charge in [0, 0.05) is 6.20 Å². The molecular formula is C13H19ClN2O. The highest BCUT2D eigenvalue weighted by Crippen LogP contribution is 2.34. The minimum Gasteiger partial charge on any atom is -0.394 e. The molecule has 0 amide bonds. The molecule has 0 radical (unpaired) electrons. The zero-order valence-corrected chi connectivity index (χ0v) is 10.9. The number of pyridine rings is 1. The van der Waals surface area contributed by atoms with E-state index in [4.69, 9.17) is 11.6 Å². The lowest BCUT2D eigenvalue weighted by molar-refractivity contribution is 0.149. The Hall–Kier alpha value is -0.800. The second-order valence-corrected chi connectivity index (χ2v) is 5.56. The highest BCUT2D eigenvalue weighted by Gasteiger charge is 2.34. The lowest BCUT2D eigenvalue weighted by atomic mass is 9.77. The molecule has 1 aromatic rings. The maximum Gasteiger partial charge on any atom is 0.126 e. The number of nitrogens with one attached hydrogen (secondary N) is 1. The van der Waals surface area contributed by atoms with Gasteiger partial charge in [0.05, 0.1) is 17.2 Å². The van der Waals surface area contributed by atoms with Gasteiger partial charge in [-0.3, -0.25) is 0 Å². The number of nitrogens with zero attached hydrogens (tertiary/aromatic N) is 1. The molecule has 2 unspecified atom stereocenters. The van der Waals surface area contributed by atoms with Crippen LogP contribution in [-0.4, -0.2) is 22.2 Å². The summed E-state index contributed by atoms with van der Waals surface area (Å²) >= 11 is 5.81. The summed E-state index contributed by atoms with van der Waals surface area (Å²) in [6, 6.07) is 3.67. The number of aromatic nitrogens is 1. The van der Waals surface area contributed by atoms with Gasteiger partial charge in [0.25, 0.3) is 0 Å². The number of rotatable bonds is 3. The van der Waals surface area contributed by atoms with Gasteiger partial charge in [-0.15, -0.1) is 0 Å². The molecule has 1 saturated carbocycles. The first-order valence-electron chi connectivity index (χ1n) is 6.14. The van der Waals surface area contributed by atoms with E-state index in [9.17, 15) is 5.11 Å². The SMILES string of the molecule is CC1CCCC(CO)(Nc2ccc(Cl)cn2)C1. The van der Waals surface area contributed by atoms with E-state index < -0.39 is 0 Å². The van der Waals surface area contributed by atoms with Crippen LogP contribution in [0.3, 0.4) is 0 Å². The average Bonchev–Trinajstić information content (AvgIpc) is 2.32. The highest BCUT2D eigenvalue weighted by molar-refractivity contribution is 6.30. The Morgan fingerprint density at radius 2 is 2.41 bits per heavy atom. The van der Waals surface area contributed by atoms with Crippen LogP contribution in [0.5, 0.6) is 0 Å². The first-order valence-corrected chi connectivity index (χ1v) is 6.52. The van der Waals surface area contributed by atoms with Crippen molar-refractivity contribution in [3.05, 3.63) is 23.4 Å². The molecule has 1 aliphatic rings. The van der Waals surface area contributed by atoms with E-state index in [1.54, 1.807) is 6.20 Å². The third-order valence-electron chi connectivity index (χ3n) is 3.51. The van der Waals surface area contributed by atoms with Crippen LogP contribution in [0, 0.1) is 5.92 Å². The third-order valence-corrected chi connectivity index (χ3v) is 3.74. The van der Waals surface area contributed by atoms with Gasteiger partial charge in [0.15, 0.2) is 0 Å². The predicted molar refractivity (Wildman–Crippen MR) is 70.3 cm³/mol. The molecule has 4 heteroatoms. The van der Waals surface area contributed by atoms with Gasteiger partial charge in [-0.05, 0) is 30.9 Å². The topological polar surface area (TPSA) is 45.1 Å². The summed E-state index contributed by atoms with van der Waals surface area (Å²) in [6.45, 7) is 2.39. The summed E-state index contributed by atoms with van der Waals surface area (Å²) in [4.78, 5) is 4.24. The molecule has 0 bridgehead atoms. The molecule has 1 fully saturated rings. The Kier molecular flexibility index (Phi) is 3.89. The normalized spacial score (nSPS) is 29.0. The number of hydrogen-bond donors (Lipinski definition) is 2. The zero-order valence-electron chi connectivity index (χ0n) is 10.1. The van der Waals surface area contributed by atoms with E-state index in [0.717, 1.165) is 25.1 Å². The number of hydrogen-bond acceptors (Lipinski definition) is 3. The van der Waals surface area contributed by atoms with E-state index in [2.05, 4.69) is 17.2 Å². The van der Waals surface area contributed by atoms with Crippen LogP contribution >= 0.6 is 11.6 Å². The quantitative estimate of drug-likeness (QED) is 0.871. The van der Waals surface area contributed by atoms with Crippen LogP contribution in [-0.2, 0) is 0 Å². The Morgan fingerprint density at radius 3 is 3.00 bits per heavy atom. The van der Waals surface area contributed by atoms with Crippen LogP contribution in [0.25, 0.3) is 0 Å². The fraction of sp³-hybridized carbons (Fsp3) is 0.615. The van der Waals surface area contributed by atoms with Crippen LogP contribution in [0.2, 0.25) is 5.02 Å². The first-order chi connectivity index (χ1) is 8.13. The van der Waals surface area contributed by atoms with E-state index in [0.29, 0.717) is 10.9 Å². The van der Waals surface area contributed by atoms with Crippen molar-refractivity contribution in [3.63, 3.8) is 0 Å². The Morgan fingerprint density at radius 1 is 1.59 bits per heavy atom. The minimum atomic E-state index is -0.210. The van der Waals surface area contributed by atoms with Crippen molar-refractivity contribution in [1.82, 2.24) is 4.98 Å². The Bertz CT molecular complexity index is 368. The summed E-state index contributed by atoms with van der Waals surface area (Å²) in [7, 11) is 0. The molecule has 1 aliphatic carbocycles. The van der Waals surface area contributed by atoms with Crippen LogP contribution in [0.4, 0.5) is 5.82 Å². The van der Waals surface area contributed by atoms with Crippen LogP contribution in [0.15, 0.2) is 18.3 Å². The van der Waals surface area contributed by atoms with Crippen molar-refractivity contribution in [1.29, 1.82) is 0 Å². The molecule has 3 nitrogen and oxygen atoms in total. The van der Waals surface area contributed by atoms with Crippen molar-refractivity contribution >= 4 is 17.4 Å². The highest BCUT2D eigenvalue weighted by atomic mass is 35.5. The molecule has 0 spiro atoms. The van der Waals surface area contributed by atoms with E-state index in [1.165, 1.54) is 6.42 Å². The molecule has 1 aromatic heterocycles. The molecule has 17 heavy (non-hydrogen) atoms. The molecule has 0 aromatic carbocycles. The molecule has 2 N–H and O–H groups in total. The molecule has 2 rings (SSSR count). The smallest absolute Gasteiger partial charge is 0.126 e. The predicted octanol–water partition coefficient (Wildman–Crippen LogP) is 3.09. The van der Waals surface area contributed by atoms with Crippen LogP contribution in [0.1, 0.15) is 32.6 Å². The minimum absolute atomic E-state index is 0.154. The van der Waals surface area contributed by atoms with Crippen molar-refractivity contribution in [3.8, 4) is 0 Å². The maximum atomic E-state index is 9.66. The van der Waals surface area contributed by atoms with Gasteiger partial charge in [-0.1, -0.05) is 31.4 Å². The molecule has 0 aliphatic heterocycles. The summed E-state index contributed by atoms with van der Waals surface area (Å²) in [5, 5.41) is 13.7. The summed E-state index contributed by atoms with van der Waals surface area (Å²) in [6.07, 6.45) is 6.02. The fourth-order valence-corrected chi connectivity index (χ4v) is 2.79. The molecular weight excluding hydrogens is 236 g/mol. The second kappa shape index (κ2) is 5.23. The summed E-state index contributed by atoms with van der Waals surface area (Å²) < 4.78 is 0. The van der Waals surface area contributed by atoms with Gasteiger partial charge in [-0.2, -0.15) is 0 Å². The largest absolute Gasteiger partial charge is 0.394 e. The third kappa shape index (κ3) is 3.11. The van der Waals surface area contributed by atoms with Gasteiger partial charge >= 0.3 is 0 Å². The van der Waals surface area contributed by atoms with Crippen molar-refractivity contribution < 1.29 is 5.11 Å². The zero-order chi connectivity index (χ0) is 12.3. The maximum absolute atomic E-state index is 9.66.